The first-order chi connectivity index (χ1) is 12.4. The summed E-state index contributed by atoms with van der Waals surface area (Å²) in [5.41, 5.74) is 1.74. The van der Waals surface area contributed by atoms with Gasteiger partial charge >= 0.3 is 6.18 Å². The van der Waals surface area contributed by atoms with Crippen molar-refractivity contribution in [3.8, 4) is 5.88 Å². The molecule has 0 fully saturated rings. The molecule has 0 saturated heterocycles. The minimum absolute atomic E-state index is 0.0413. The summed E-state index contributed by atoms with van der Waals surface area (Å²) >= 11 is 1.37. The van der Waals surface area contributed by atoms with Gasteiger partial charge in [0.2, 0.25) is 5.88 Å². The van der Waals surface area contributed by atoms with Crippen molar-refractivity contribution in [2.75, 3.05) is 19.4 Å². The minimum Gasteiger partial charge on any atom is -0.468 e. The number of aromatic amines is 1. The number of H-pyrrole nitrogens is 1. The molecule has 1 N–H and O–H groups in total. The van der Waals surface area contributed by atoms with Crippen molar-refractivity contribution in [3.63, 3.8) is 0 Å². The molecule has 0 atom stereocenters. The van der Waals surface area contributed by atoms with Crippen molar-refractivity contribution in [1.29, 1.82) is 0 Å². The molecule has 0 bridgehead atoms. The van der Waals surface area contributed by atoms with Crippen LogP contribution in [0.1, 0.15) is 16.8 Å². The molecule has 2 aromatic rings. The van der Waals surface area contributed by atoms with Crippen molar-refractivity contribution >= 4 is 11.8 Å². The van der Waals surface area contributed by atoms with Crippen LogP contribution < -0.4 is 10.3 Å². The fraction of sp³-hybridized carbons (Fsp3) is 0.438. The average molecular weight is 386 g/mol. The van der Waals surface area contributed by atoms with Crippen molar-refractivity contribution in [2.45, 2.75) is 30.8 Å². The second kappa shape index (κ2) is 7.67. The molecule has 0 radical (unpaired) electrons. The van der Waals surface area contributed by atoms with Gasteiger partial charge in [-0.15, -0.1) is 0 Å². The van der Waals surface area contributed by atoms with E-state index in [1.165, 1.54) is 18.0 Å². The van der Waals surface area contributed by atoms with E-state index in [1.54, 1.807) is 12.1 Å². The number of thioether (sulfide) groups is 1. The third kappa shape index (κ3) is 4.55. The lowest BCUT2D eigenvalue weighted by Gasteiger charge is -2.28. The van der Waals surface area contributed by atoms with Gasteiger partial charge in [-0.1, -0.05) is 17.8 Å². The van der Waals surface area contributed by atoms with Gasteiger partial charge in [0.15, 0.2) is 11.8 Å². The number of fused-ring (bicyclic) bond motifs is 1. The molecule has 10 heteroatoms. The highest BCUT2D eigenvalue weighted by Gasteiger charge is 2.29. The topological polar surface area (TPSA) is 71.1 Å². The molecule has 0 aromatic carbocycles. The third-order valence-corrected chi connectivity index (χ3v) is 4.52. The Morgan fingerprint density at radius 2 is 2.23 bits per heavy atom. The average Bonchev–Trinajstić information content (AvgIpc) is 2.60. The van der Waals surface area contributed by atoms with E-state index in [0.717, 1.165) is 5.69 Å². The highest BCUT2D eigenvalue weighted by atomic mass is 32.2. The molecule has 26 heavy (non-hydrogen) atoms. The number of alkyl halides is 3. The van der Waals surface area contributed by atoms with Crippen molar-refractivity contribution in [1.82, 2.24) is 19.9 Å². The summed E-state index contributed by atoms with van der Waals surface area (Å²) in [7, 11) is 0. The van der Waals surface area contributed by atoms with Gasteiger partial charge in [-0.05, 0) is 12.3 Å². The van der Waals surface area contributed by atoms with Gasteiger partial charge < -0.3 is 9.72 Å². The molecule has 2 aromatic heterocycles. The Hall–Kier alpha value is -2.07. The van der Waals surface area contributed by atoms with Crippen LogP contribution in [0.5, 0.6) is 5.88 Å². The normalized spacial score (nSPS) is 14.9. The molecule has 0 saturated carbocycles. The van der Waals surface area contributed by atoms with Gasteiger partial charge in [-0.2, -0.15) is 13.2 Å². The summed E-state index contributed by atoms with van der Waals surface area (Å²) in [6.07, 6.45) is -0.595. The zero-order valence-corrected chi connectivity index (χ0v) is 14.8. The van der Waals surface area contributed by atoms with E-state index in [0.29, 0.717) is 42.3 Å². The predicted octanol–water partition coefficient (Wildman–Crippen LogP) is 2.39. The van der Waals surface area contributed by atoms with E-state index in [4.69, 9.17) is 4.74 Å². The van der Waals surface area contributed by atoms with E-state index < -0.39 is 12.8 Å². The first-order valence-electron chi connectivity index (χ1n) is 7.87. The standard InChI is InChI=1S/C16H17F3N4O2S/c1-26-15-21-12-4-6-23(8-11(12)13(24)22-15)7-10-3-2-5-20-14(10)25-9-16(17,18)19/h2-3,5H,4,6-9H2,1H3,(H,21,22,24). The summed E-state index contributed by atoms with van der Waals surface area (Å²) in [4.78, 5) is 25.2. The van der Waals surface area contributed by atoms with Gasteiger partial charge in [0, 0.05) is 37.8 Å². The van der Waals surface area contributed by atoms with Crippen molar-refractivity contribution in [2.24, 2.45) is 0 Å². The molecule has 0 amide bonds. The smallest absolute Gasteiger partial charge is 0.422 e. The number of aromatic nitrogens is 3. The van der Waals surface area contributed by atoms with Crippen LogP contribution in [0.4, 0.5) is 13.2 Å². The Labute approximate surface area is 151 Å². The maximum absolute atomic E-state index is 12.4. The number of halogens is 3. The van der Waals surface area contributed by atoms with Gasteiger partial charge in [0.05, 0.1) is 11.3 Å². The predicted molar refractivity (Wildman–Crippen MR) is 90.2 cm³/mol. The largest absolute Gasteiger partial charge is 0.468 e. The van der Waals surface area contributed by atoms with Crippen LogP contribution in [0.2, 0.25) is 0 Å². The molecule has 140 valence electrons. The van der Waals surface area contributed by atoms with Crippen LogP contribution in [0.25, 0.3) is 0 Å². The lowest BCUT2D eigenvalue weighted by Crippen LogP contribution is -2.35. The Bertz CT molecular complexity index is 841. The summed E-state index contributed by atoms with van der Waals surface area (Å²) in [5.74, 6) is -0.0413. The van der Waals surface area contributed by atoms with Gasteiger partial charge in [-0.3, -0.25) is 9.69 Å². The number of hydrogen-bond acceptors (Lipinski definition) is 6. The van der Waals surface area contributed by atoms with Crippen LogP contribution in [-0.2, 0) is 19.5 Å². The quantitative estimate of drug-likeness (QED) is 0.629. The Morgan fingerprint density at radius 3 is 2.96 bits per heavy atom. The molecule has 1 aliphatic heterocycles. The molecular weight excluding hydrogens is 369 g/mol. The summed E-state index contributed by atoms with van der Waals surface area (Å²) < 4.78 is 42.0. The Kier molecular flexibility index (Phi) is 5.52. The van der Waals surface area contributed by atoms with Crippen molar-refractivity contribution < 1.29 is 17.9 Å². The third-order valence-electron chi connectivity index (χ3n) is 3.94. The second-order valence-corrected chi connectivity index (χ2v) is 6.63. The zero-order chi connectivity index (χ0) is 18.7. The Morgan fingerprint density at radius 1 is 1.42 bits per heavy atom. The molecule has 0 unspecified atom stereocenters. The monoisotopic (exact) mass is 386 g/mol. The molecule has 3 heterocycles. The second-order valence-electron chi connectivity index (χ2n) is 5.83. The van der Waals surface area contributed by atoms with Crippen LogP contribution in [0, 0.1) is 0 Å². The number of nitrogens with zero attached hydrogens (tertiary/aromatic N) is 3. The van der Waals surface area contributed by atoms with E-state index in [-0.39, 0.29) is 11.4 Å². The molecular formula is C16H17F3N4O2S. The lowest BCUT2D eigenvalue weighted by atomic mass is 10.1. The highest BCUT2D eigenvalue weighted by Crippen LogP contribution is 2.23. The first-order valence-corrected chi connectivity index (χ1v) is 9.10. The molecule has 6 nitrogen and oxygen atoms in total. The number of pyridine rings is 1. The number of rotatable bonds is 5. The van der Waals surface area contributed by atoms with Crippen LogP contribution in [-0.4, -0.2) is 45.4 Å². The van der Waals surface area contributed by atoms with Gasteiger partial charge in [-0.25, -0.2) is 9.97 Å². The SMILES string of the molecule is CSc1nc2c(c(=O)[nH]1)CN(Cc1cccnc1OCC(F)(F)F)CC2. The van der Waals surface area contributed by atoms with Crippen LogP contribution in [0.15, 0.2) is 28.3 Å². The number of ether oxygens (including phenoxy) is 1. The Balaban J connectivity index is 1.74. The highest BCUT2D eigenvalue weighted by molar-refractivity contribution is 7.98. The van der Waals surface area contributed by atoms with E-state index in [9.17, 15) is 18.0 Å². The van der Waals surface area contributed by atoms with E-state index in [1.807, 2.05) is 11.2 Å². The van der Waals surface area contributed by atoms with E-state index >= 15 is 0 Å². The van der Waals surface area contributed by atoms with E-state index in [2.05, 4.69) is 15.0 Å². The minimum atomic E-state index is -4.42. The fourth-order valence-electron chi connectivity index (χ4n) is 2.76. The zero-order valence-electron chi connectivity index (χ0n) is 14.0. The maximum Gasteiger partial charge on any atom is 0.422 e. The lowest BCUT2D eigenvalue weighted by molar-refractivity contribution is -0.154. The molecule has 0 spiro atoms. The van der Waals surface area contributed by atoms with Gasteiger partial charge in [0.1, 0.15) is 0 Å². The summed E-state index contributed by atoms with van der Waals surface area (Å²) in [6, 6.07) is 3.32. The number of nitrogens with one attached hydrogen (secondary N) is 1. The number of hydrogen-bond donors (Lipinski definition) is 1. The maximum atomic E-state index is 12.4. The van der Waals surface area contributed by atoms with Gasteiger partial charge in [0.25, 0.3) is 5.56 Å². The molecule has 1 aliphatic rings. The van der Waals surface area contributed by atoms with Crippen LogP contribution in [0.3, 0.4) is 0 Å². The fourth-order valence-corrected chi connectivity index (χ4v) is 3.15. The first kappa shape index (κ1) is 18.7. The van der Waals surface area contributed by atoms with Crippen LogP contribution >= 0.6 is 11.8 Å². The molecule has 3 rings (SSSR count). The summed E-state index contributed by atoms with van der Waals surface area (Å²) in [5, 5.41) is 0.581. The summed E-state index contributed by atoms with van der Waals surface area (Å²) in [6.45, 7) is -0.0318. The molecule has 0 aliphatic carbocycles. The van der Waals surface area contributed by atoms with Crippen molar-refractivity contribution in [3.05, 3.63) is 45.5 Å².